The van der Waals surface area contributed by atoms with Crippen LogP contribution in [0, 0.1) is 0 Å². The fourth-order valence-corrected chi connectivity index (χ4v) is 3.67. The summed E-state index contributed by atoms with van der Waals surface area (Å²) < 4.78 is 11.6. The molecule has 0 fully saturated rings. The molecule has 0 spiro atoms. The Labute approximate surface area is 186 Å². The van der Waals surface area contributed by atoms with E-state index in [9.17, 15) is 9.90 Å². The molecular formula is C25H26N2O5. The first-order chi connectivity index (χ1) is 15.6. The van der Waals surface area contributed by atoms with Crippen LogP contribution in [0.4, 0.5) is 0 Å². The molecule has 0 saturated heterocycles. The van der Waals surface area contributed by atoms with E-state index >= 15 is 0 Å². The Balaban J connectivity index is 1.25. The summed E-state index contributed by atoms with van der Waals surface area (Å²) in [6, 6.07) is 16.5. The van der Waals surface area contributed by atoms with E-state index in [1.54, 1.807) is 36.7 Å². The zero-order valence-corrected chi connectivity index (χ0v) is 17.6. The lowest BCUT2D eigenvalue weighted by Gasteiger charge is -2.27. The summed E-state index contributed by atoms with van der Waals surface area (Å²) in [5, 5.41) is 22.4. The van der Waals surface area contributed by atoms with Gasteiger partial charge in [-0.1, -0.05) is 18.2 Å². The number of aliphatic hydroxyl groups excluding tert-OH is 1. The van der Waals surface area contributed by atoms with Crippen molar-refractivity contribution >= 4 is 5.97 Å². The normalized spacial score (nSPS) is 16.0. The molecule has 0 radical (unpaired) electrons. The maximum atomic E-state index is 11.0. The van der Waals surface area contributed by atoms with Crippen LogP contribution < -0.4 is 14.8 Å². The van der Waals surface area contributed by atoms with Gasteiger partial charge in [0.15, 0.2) is 0 Å². The molecule has 32 heavy (non-hydrogen) atoms. The number of carboxylic acid groups (broad SMARTS) is 1. The Kier molecular flexibility index (Phi) is 6.99. The second-order valence-electron chi connectivity index (χ2n) is 7.80. The smallest absolute Gasteiger partial charge is 0.335 e. The first-order valence-electron chi connectivity index (χ1n) is 10.6. The molecule has 2 aromatic carbocycles. The van der Waals surface area contributed by atoms with E-state index in [0.29, 0.717) is 18.8 Å². The van der Waals surface area contributed by atoms with Gasteiger partial charge >= 0.3 is 5.97 Å². The van der Waals surface area contributed by atoms with Crippen molar-refractivity contribution in [3.05, 3.63) is 78.1 Å². The summed E-state index contributed by atoms with van der Waals surface area (Å²) in [6.07, 6.45) is 4.48. The lowest BCUT2D eigenvalue weighted by Crippen LogP contribution is -2.39. The molecule has 1 aliphatic heterocycles. The van der Waals surface area contributed by atoms with Crippen LogP contribution in [0.15, 0.2) is 67.0 Å². The number of hydrogen-bond donors (Lipinski definition) is 3. The van der Waals surface area contributed by atoms with E-state index in [2.05, 4.69) is 16.4 Å². The van der Waals surface area contributed by atoms with Crippen molar-refractivity contribution in [2.45, 2.75) is 25.0 Å². The van der Waals surface area contributed by atoms with Crippen LogP contribution in [0.1, 0.15) is 22.3 Å². The monoisotopic (exact) mass is 434 g/mol. The number of hydrogen-bond acceptors (Lipinski definition) is 6. The van der Waals surface area contributed by atoms with E-state index < -0.39 is 12.1 Å². The summed E-state index contributed by atoms with van der Waals surface area (Å²) in [5.41, 5.74) is 3.44. The van der Waals surface area contributed by atoms with Crippen molar-refractivity contribution in [3.8, 4) is 22.6 Å². The molecular weight excluding hydrogens is 408 g/mol. The number of carbonyl (C=O) groups is 1. The number of carboxylic acids is 1. The second kappa shape index (κ2) is 10.3. The van der Waals surface area contributed by atoms with Gasteiger partial charge < -0.3 is 25.0 Å². The summed E-state index contributed by atoms with van der Waals surface area (Å²) in [4.78, 5) is 15.0. The molecule has 0 unspecified atom stereocenters. The number of rotatable bonds is 9. The fraction of sp³-hybridized carbons (Fsp3) is 0.280. The van der Waals surface area contributed by atoms with Gasteiger partial charge in [-0.05, 0) is 65.9 Å². The number of nitrogens with one attached hydrogen (secondary N) is 1. The third kappa shape index (κ3) is 5.63. The highest BCUT2D eigenvalue weighted by Gasteiger charge is 2.20. The number of ether oxygens (including phenoxy) is 2. The number of nitrogens with zero attached hydrogens (tertiary/aromatic N) is 1. The van der Waals surface area contributed by atoms with Crippen molar-refractivity contribution in [1.29, 1.82) is 0 Å². The molecule has 0 saturated carbocycles. The number of pyridine rings is 1. The molecule has 7 heteroatoms. The Bertz CT molecular complexity index is 1040. The molecule has 166 valence electrons. The van der Waals surface area contributed by atoms with Gasteiger partial charge in [-0.2, -0.15) is 0 Å². The lowest BCUT2D eigenvalue weighted by molar-refractivity contribution is 0.0697. The van der Waals surface area contributed by atoms with Crippen LogP contribution in [0.2, 0.25) is 0 Å². The average Bonchev–Trinajstić information content (AvgIpc) is 2.83. The number of aryl methyl sites for hydroxylation is 1. The predicted octanol–water partition coefficient (Wildman–Crippen LogP) is 3.17. The number of aliphatic hydroxyl groups is 1. The Morgan fingerprint density at radius 2 is 2.00 bits per heavy atom. The molecule has 0 bridgehead atoms. The van der Waals surface area contributed by atoms with Crippen LogP contribution in [-0.4, -0.2) is 53.1 Å². The van der Waals surface area contributed by atoms with E-state index in [-0.39, 0.29) is 18.3 Å². The number of aromatic nitrogens is 1. The minimum Gasteiger partial charge on any atom is -0.489 e. The summed E-state index contributed by atoms with van der Waals surface area (Å²) in [7, 11) is 0. The van der Waals surface area contributed by atoms with Crippen LogP contribution in [0.3, 0.4) is 0 Å². The van der Waals surface area contributed by atoms with E-state index in [1.165, 1.54) is 0 Å². The van der Waals surface area contributed by atoms with Gasteiger partial charge in [-0.3, -0.25) is 4.98 Å². The summed E-state index contributed by atoms with van der Waals surface area (Å²) in [6.45, 7) is 1.25. The number of aromatic carboxylic acids is 1. The molecule has 1 aromatic heterocycles. The third-order valence-electron chi connectivity index (χ3n) is 5.38. The Morgan fingerprint density at radius 3 is 2.75 bits per heavy atom. The molecule has 0 amide bonds. The minimum atomic E-state index is -0.927. The molecule has 1 aliphatic rings. The van der Waals surface area contributed by atoms with Crippen LogP contribution >= 0.6 is 0 Å². The minimum absolute atomic E-state index is 0.0367. The van der Waals surface area contributed by atoms with Crippen LogP contribution in [-0.2, 0) is 6.42 Å². The van der Waals surface area contributed by atoms with Crippen LogP contribution in [0.5, 0.6) is 11.5 Å². The molecule has 3 N–H and O–H groups in total. The first kappa shape index (κ1) is 21.8. The van der Waals surface area contributed by atoms with E-state index in [1.807, 2.05) is 24.3 Å². The van der Waals surface area contributed by atoms with Gasteiger partial charge in [0.2, 0.25) is 0 Å². The van der Waals surface area contributed by atoms with Crippen molar-refractivity contribution < 1.29 is 24.5 Å². The Hall–Kier alpha value is -3.42. The maximum absolute atomic E-state index is 11.0. The largest absolute Gasteiger partial charge is 0.489 e. The van der Waals surface area contributed by atoms with Crippen LogP contribution in [0.25, 0.3) is 11.1 Å². The molecule has 0 aliphatic carbocycles. The van der Waals surface area contributed by atoms with E-state index in [0.717, 1.165) is 35.3 Å². The third-order valence-corrected chi connectivity index (χ3v) is 5.38. The van der Waals surface area contributed by atoms with Gasteiger partial charge in [-0.15, -0.1) is 0 Å². The molecule has 2 heterocycles. The molecule has 7 nitrogen and oxygen atoms in total. The van der Waals surface area contributed by atoms with E-state index in [4.69, 9.17) is 14.6 Å². The summed E-state index contributed by atoms with van der Waals surface area (Å²) in [5.74, 6) is 0.578. The van der Waals surface area contributed by atoms with Gasteiger partial charge in [0, 0.05) is 19.3 Å². The van der Waals surface area contributed by atoms with Crippen molar-refractivity contribution in [1.82, 2.24) is 10.3 Å². The van der Waals surface area contributed by atoms with Crippen molar-refractivity contribution in [2.24, 2.45) is 0 Å². The maximum Gasteiger partial charge on any atom is 0.335 e. The highest BCUT2D eigenvalue weighted by Crippen LogP contribution is 2.32. The van der Waals surface area contributed by atoms with Crippen molar-refractivity contribution in [3.63, 3.8) is 0 Å². The molecule has 2 atom stereocenters. The average molecular weight is 434 g/mol. The summed E-state index contributed by atoms with van der Waals surface area (Å²) >= 11 is 0. The zero-order chi connectivity index (χ0) is 22.3. The SMILES string of the molecule is O=C(O)c1ccc(-c2ccc3c(c2)CC[C@H](CNC[C@H](O)COc2cccnc2)O3)cc1. The first-order valence-corrected chi connectivity index (χ1v) is 10.6. The van der Waals surface area contributed by atoms with Crippen molar-refractivity contribution in [2.75, 3.05) is 19.7 Å². The van der Waals surface area contributed by atoms with Gasteiger partial charge in [0.25, 0.3) is 0 Å². The second-order valence-corrected chi connectivity index (χ2v) is 7.80. The molecule has 3 aromatic rings. The van der Waals surface area contributed by atoms with Gasteiger partial charge in [-0.25, -0.2) is 4.79 Å². The topological polar surface area (TPSA) is 101 Å². The zero-order valence-electron chi connectivity index (χ0n) is 17.6. The molecule has 4 rings (SSSR count). The fourth-order valence-electron chi connectivity index (χ4n) is 3.67. The quantitative estimate of drug-likeness (QED) is 0.476. The van der Waals surface area contributed by atoms with Gasteiger partial charge in [0.05, 0.1) is 11.8 Å². The Morgan fingerprint density at radius 1 is 1.19 bits per heavy atom. The lowest BCUT2D eigenvalue weighted by atomic mass is 9.96. The van der Waals surface area contributed by atoms with Gasteiger partial charge in [0.1, 0.15) is 30.3 Å². The predicted molar refractivity (Wildman–Crippen MR) is 120 cm³/mol. The standard InChI is InChI=1S/C25H26N2O5/c28-21(16-31-22-2-1-11-26-14-22)13-27-15-23-9-7-20-12-19(8-10-24(20)32-23)17-3-5-18(6-4-17)25(29)30/h1-6,8,10-12,14,21,23,27-28H,7,9,13,15-16H2,(H,29,30)/t21-,23+/m0/s1. The highest BCUT2D eigenvalue weighted by molar-refractivity contribution is 5.88. The number of benzene rings is 2. The number of fused-ring (bicyclic) bond motifs is 1. The highest BCUT2D eigenvalue weighted by atomic mass is 16.5.